The van der Waals surface area contributed by atoms with Crippen LogP contribution in [0.4, 0.5) is 0 Å². The summed E-state index contributed by atoms with van der Waals surface area (Å²) in [6.45, 7) is 0. The molecule has 0 aromatic carbocycles. The second-order valence-corrected chi connectivity index (χ2v) is 0. The van der Waals surface area contributed by atoms with Crippen molar-refractivity contribution >= 4 is 0 Å². The fourth-order valence-electron chi connectivity index (χ4n) is 0. The average Bonchev–Trinajstić information content (AvgIpc) is 1.81. The third kappa shape index (κ3) is 394. The Hall–Kier alpha value is 0.594. The third-order valence-electron chi connectivity index (χ3n) is 0. The molecular weight excluding hydrogens is 132 g/mol. The molecule has 0 amide bonds. The Morgan fingerprint density at radius 2 is 0.571 bits per heavy atom. The van der Waals surface area contributed by atoms with Crippen molar-refractivity contribution < 1.29 is 37.0 Å². The summed E-state index contributed by atoms with van der Waals surface area (Å²) in [5.41, 5.74) is 0. The molecule has 0 aliphatic rings. The first-order valence-corrected chi connectivity index (χ1v) is 1.22. The Labute approximate surface area is 58.9 Å². The van der Waals surface area contributed by atoms with Crippen LogP contribution in [0.5, 0.6) is 0 Å². The van der Waals surface area contributed by atoms with Crippen molar-refractivity contribution in [3.63, 3.8) is 0 Å². The zero-order valence-electron chi connectivity index (χ0n) is 4.72. The maximum atomic E-state index is 8.25. The van der Waals surface area contributed by atoms with E-state index in [1.807, 2.05) is 0 Å². The van der Waals surface area contributed by atoms with E-state index in [4.69, 9.17) is 15.3 Å². The molecular formula is C3H9O3Ti. The van der Waals surface area contributed by atoms with Crippen molar-refractivity contribution in [3.8, 4) is 0 Å². The Kier molecular flexibility index (Phi) is 2130. The Morgan fingerprint density at radius 1 is 0.571 bits per heavy atom. The van der Waals surface area contributed by atoms with Gasteiger partial charge in [-0.05, 0) is 0 Å². The standard InChI is InChI=1S/3CH3O.Ti/c3*1-2;/h3*1H3;/q3*-1;+3. The average molecular weight is 141 g/mol. The molecule has 0 fully saturated rings. The molecule has 7 heavy (non-hydrogen) atoms. The van der Waals surface area contributed by atoms with E-state index in [2.05, 4.69) is 0 Å². The van der Waals surface area contributed by atoms with Crippen molar-refractivity contribution in [2.75, 3.05) is 21.3 Å². The van der Waals surface area contributed by atoms with Gasteiger partial charge in [0.25, 0.3) is 0 Å². The van der Waals surface area contributed by atoms with Crippen molar-refractivity contribution in [1.82, 2.24) is 0 Å². The molecule has 1 radical (unpaired) electrons. The van der Waals surface area contributed by atoms with Gasteiger partial charge in [0.05, 0.1) is 0 Å². The SMILES string of the molecule is C[O-].C[O-].C[O-].[Ti+3]. The summed E-state index contributed by atoms with van der Waals surface area (Å²) < 4.78 is 0. The summed E-state index contributed by atoms with van der Waals surface area (Å²) in [5.74, 6) is 0. The van der Waals surface area contributed by atoms with Crippen LogP contribution in [-0.4, -0.2) is 21.3 Å². The topological polar surface area (TPSA) is 69.2 Å². The minimum Gasteiger partial charge on any atom is -0.857 e. The molecule has 0 aromatic rings. The van der Waals surface area contributed by atoms with Crippen LogP contribution < -0.4 is 15.3 Å². The van der Waals surface area contributed by atoms with Crippen molar-refractivity contribution in [1.29, 1.82) is 0 Å². The maximum Gasteiger partial charge on any atom is 3.00 e. The fraction of sp³-hybridized carbons (Fsp3) is 1.00. The third-order valence-corrected chi connectivity index (χ3v) is 0. The van der Waals surface area contributed by atoms with Gasteiger partial charge in [-0.2, -0.15) is 21.3 Å². The van der Waals surface area contributed by atoms with E-state index in [1.165, 1.54) is 0 Å². The molecule has 0 aliphatic carbocycles. The quantitative estimate of drug-likeness (QED) is 0.336. The van der Waals surface area contributed by atoms with Crippen LogP contribution >= 0.6 is 0 Å². The van der Waals surface area contributed by atoms with E-state index in [9.17, 15) is 0 Å². The second kappa shape index (κ2) is 584. The minimum atomic E-state index is 0. The van der Waals surface area contributed by atoms with Crippen molar-refractivity contribution in [2.45, 2.75) is 0 Å². The normalized spacial score (nSPS) is 2.57. The van der Waals surface area contributed by atoms with Gasteiger partial charge in [0.1, 0.15) is 0 Å². The molecule has 0 N–H and O–H groups in total. The maximum absolute atomic E-state index is 8.25. The van der Waals surface area contributed by atoms with E-state index in [0.717, 1.165) is 21.3 Å². The predicted molar refractivity (Wildman–Crippen MR) is 17.8 cm³/mol. The summed E-state index contributed by atoms with van der Waals surface area (Å²) in [6.07, 6.45) is 0. The summed E-state index contributed by atoms with van der Waals surface area (Å²) in [4.78, 5) is 0. The largest absolute Gasteiger partial charge is 3.00 e. The van der Waals surface area contributed by atoms with Gasteiger partial charge in [-0.15, -0.1) is 0 Å². The first-order chi connectivity index (χ1) is 3.00. The summed E-state index contributed by atoms with van der Waals surface area (Å²) >= 11 is 0. The molecule has 0 heterocycles. The molecule has 0 saturated carbocycles. The molecule has 4 heteroatoms. The molecule has 0 rings (SSSR count). The Morgan fingerprint density at radius 3 is 0.571 bits per heavy atom. The number of hydrogen-bond donors (Lipinski definition) is 0. The molecule has 0 aliphatic heterocycles. The van der Waals surface area contributed by atoms with E-state index in [1.54, 1.807) is 0 Å². The second-order valence-electron chi connectivity index (χ2n) is 0. The number of hydrogen-bond acceptors (Lipinski definition) is 3. The summed E-state index contributed by atoms with van der Waals surface area (Å²) in [7, 11) is 2.25. The van der Waals surface area contributed by atoms with Crippen LogP contribution in [0.3, 0.4) is 0 Å². The van der Waals surface area contributed by atoms with E-state index in [-0.39, 0.29) is 21.7 Å². The van der Waals surface area contributed by atoms with Gasteiger partial charge in [0.2, 0.25) is 0 Å². The Bertz CT molecular complexity index is 10.1. The smallest absolute Gasteiger partial charge is 0.857 e. The van der Waals surface area contributed by atoms with Crippen LogP contribution in [0.1, 0.15) is 0 Å². The van der Waals surface area contributed by atoms with Gasteiger partial charge in [0, 0.05) is 0 Å². The predicted octanol–water partition coefficient (Wildman–Crippen LogP) is -3.07. The molecule has 0 unspecified atom stereocenters. The molecule has 0 atom stereocenters. The van der Waals surface area contributed by atoms with E-state index < -0.39 is 0 Å². The molecule has 0 saturated heterocycles. The first-order valence-electron chi connectivity index (χ1n) is 1.22. The van der Waals surface area contributed by atoms with Crippen LogP contribution in [0, 0.1) is 0 Å². The first kappa shape index (κ1) is 25.6. The zero-order valence-corrected chi connectivity index (χ0v) is 6.29. The zero-order chi connectivity index (χ0) is 6.00. The fourth-order valence-corrected chi connectivity index (χ4v) is 0. The van der Waals surface area contributed by atoms with E-state index >= 15 is 0 Å². The van der Waals surface area contributed by atoms with Crippen molar-refractivity contribution in [3.05, 3.63) is 0 Å². The molecule has 0 aromatic heterocycles. The summed E-state index contributed by atoms with van der Waals surface area (Å²) in [5, 5.41) is 24.8. The van der Waals surface area contributed by atoms with Crippen LogP contribution in [0.2, 0.25) is 0 Å². The van der Waals surface area contributed by atoms with Gasteiger partial charge in [-0.1, -0.05) is 0 Å². The number of rotatable bonds is 0. The van der Waals surface area contributed by atoms with E-state index in [0.29, 0.717) is 0 Å². The van der Waals surface area contributed by atoms with Crippen molar-refractivity contribution in [2.24, 2.45) is 0 Å². The van der Waals surface area contributed by atoms with Gasteiger partial charge in [-0.3, -0.25) is 0 Å². The molecule has 43 valence electrons. The van der Waals surface area contributed by atoms with Gasteiger partial charge < -0.3 is 15.3 Å². The van der Waals surface area contributed by atoms with Gasteiger partial charge in [0.15, 0.2) is 0 Å². The molecule has 0 bridgehead atoms. The van der Waals surface area contributed by atoms with Crippen LogP contribution in [0.15, 0.2) is 0 Å². The molecule has 3 nitrogen and oxygen atoms in total. The van der Waals surface area contributed by atoms with Gasteiger partial charge >= 0.3 is 21.7 Å². The Balaban J connectivity index is -0.00000000900. The molecule has 0 spiro atoms. The minimum absolute atomic E-state index is 0. The van der Waals surface area contributed by atoms with Crippen LogP contribution in [-0.2, 0) is 21.7 Å². The van der Waals surface area contributed by atoms with Crippen LogP contribution in [0.25, 0.3) is 0 Å². The monoisotopic (exact) mass is 141 g/mol. The summed E-state index contributed by atoms with van der Waals surface area (Å²) in [6, 6.07) is 0. The van der Waals surface area contributed by atoms with Gasteiger partial charge in [-0.25, -0.2) is 0 Å².